The first-order valence-electron chi connectivity index (χ1n) is 5.90. The molecule has 3 nitrogen and oxygen atoms in total. The Morgan fingerprint density at radius 1 is 1.29 bits per heavy atom. The number of rotatable bonds is 6. The van der Waals surface area contributed by atoms with Crippen molar-refractivity contribution in [3.63, 3.8) is 0 Å². The fourth-order valence-corrected chi connectivity index (χ4v) is 1.97. The highest BCUT2D eigenvalue weighted by molar-refractivity contribution is 5.38. The Kier molecular flexibility index (Phi) is 5.45. The summed E-state index contributed by atoms with van der Waals surface area (Å²) in [5, 5.41) is 10.2. The average Bonchev–Trinajstić information content (AvgIpc) is 2.29. The quantitative estimate of drug-likeness (QED) is 0.828. The minimum atomic E-state index is -0.505. The van der Waals surface area contributed by atoms with Gasteiger partial charge in [-0.3, -0.25) is 0 Å². The first kappa shape index (κ1) is 14.0. The second kappa shape index (κ2) is 6.62. The van der Waals surface area contributed by atoms with Crippen molar-refractivity contribution in [1.82, 2.24) is 0 Å². The van der Waals surface area contributed by atoms with E-state index in [1.807, 2.05) is 25.1 Å². The summed E-state index contributed by atoms with van der Waals surface area (Å²) in [5.41, 5.74) is 1.98. The number of benzene rings is 1. The maximum Gasteiger partial charge on any atom is 0.124 e. The molecule has 0 fully saturated rings. The molecule has 17 heavy (non-hydrogen) atoms. The van der Waals surface area contributed by atoms with Crippen LogP contribution in [0.1, 0.15) is 30.6 Å². The van der Waals surface area contributed by atoms with Crippen molar-refractivity contribution in [2.24, 2.45) is 5.92 Å². The maximum atomic E-state index is 10.2. The lowest BCUT2D eigenvalue weighted by atomic mass is 9.97. The average molecular weight is 238 g/mol. The third-order valence-electron chi connectivity index (χ3n) is 2.82. The van der Waals surface area contributed by atoms with Crippen molar-refractivity contribution in [3.8, 4) is 5.75 Å². The lowest BCUT2D eigenvalue weighted by Gasteiger charge is -2.18. The molecule has 0 aliphatic rings. The van der Waals surface area contributed by atoms with Gasteiger partial charge in [0.1, 0.15) is 5.75 Å². The molecule has 3 heteroatoms. The van der Waals surface area contributed by atoms with E-state index in [4.69, 9.17) is 9.47 Å². The molecule has 0 saturated heterocycles. The topological polar surface area (TPSA) is 38.7 Å². The zero-order valence-electron chi connectivity index (χ0n) is 11.1. The largest absolute Gasteiger partial charge is 0.496 e. The highest BCUT2D eigenvalue weighted by Crippen LogP contribution is 2.30. The van der Waals surface area contributed by atoms with E-state index in [-0.39, 0.29) is 0 Å². The molecule has 1 aromatic rings. The second-order valence-corrected chi connectivity index (χ2v) is 4.56. The first-order valence-corrected chi connectivity index (χ1v) is 5.90. The monoisotopic (exact) mass is 238 g/mol. The predicted octanol–water partition coefficient (Wildman–Crippen LogP) is 2.71. The van der Waals surface area contributed by atoms with Gasteiger partial charge in [0, 0.05) is 19.3 Å². The van der Waals surface area contributed by atoms with Crippen molar-refractivity contribution < 1.29 is 14.6 Å². The summed E-state index contributed by atoms with van der Waals surface area (Å²) >= 11 is 0. The molecule has 1 N–H and O–H groups in total. The van der Waals surface area contributed by atoms with Gasteiger partial charge in [0.2, 0.25) is 0 Å². The first-order chi connectivity index (χ1) is 8.08. The minimum Gasteiger partial charge on any atom is -0.496 e. The predicted molar refractivity (Wildman–Crippen MR) is 68.3 cm³/mol. The summed E-state index contributed by atoms with van der Waals surface area (Å²) in [4.78, 5) is 0. The summed E-state index contributed by atoms with van der Waals surface area (Å²) < 4.78 is 10.4. The number of aliphatic hydroxyl groups excluding tert-OH is 1. The molecular weight excluding hydrogens is 216 g/mol. The molecule has 0 aromatic heterocycles. The van der Waals surface area contributed by atoms with Gasteiger partial charge in [-0.15, -0.1) is 0 Å². The third-order valence-corrected chi connectivity index (χ3v) is 2.82. The van der Waals surface area contributed by atoms with Gasteiger partial charge in [-0.25, -0.2) is 0 Å². The van der Waals surface area contributed by atoms with Gasteiger partial charge in [0.05, 0.1) is 13.2 Å². The summed E-state index contributed by atoms with van der Waals surface area (Å²) in [6, 6.07) is 5.85. The fourth-order valence-electron chi connectivity index (χ4n) is 1.97. The molecule has 0 radical (unpaired) electrons. The molecule has 2 unspecified atom stereocenters. The van der Waals surface area contributed by atoms with Gasteiger partial charge in [0.15, 0.2) is 0 Å². The van der Waals surface area contributed by atoms with E-state index in [1.165, 1.54) is 0 Å². The van der Waals surface area contributed by atoms with Gasteiger partial charge in [-0.05, 0) is 31.4 Å². The van der Waals surface area contributed by atoms with Crippen LogP contribution in [0.4, 0.5) is 0 Å². The van der Waals surface area contributed by atoms with Crippen LogP contribution in [0.15, 0.2) is 18.2 Å². The standard InChI is InChI=1S/C14H22O3/c1-10-5-6-14(17-4)12(7-10)13(15)8-11(2)9-16-3/h5-7,11,13,15H,8-9H2,1-4H3. The highest BCUT2D eigenvalue weighted by Gasteiger charge is 2.16. The van der Waals surface area contributed by atoms with E-state index >= 15 is 0 Å². The molecular formula is C14H22O3. The fraction of sp³-hybridized carbons (Fsp3) is 0.571. The van der Waals surface area contributed by atoms with Crippen LogP contribution in [-0.4, -0.2) is 25.9 Å². The van der Waals surface area contributed by atoms with E-state index in [9.17, 15) is 5.11 Å². The Labute approximate surface area is 103 Å². The Hall–Kier alpha value is -1.06. The van der Waals surface area contributed by atoms with Crippen LogP contribution in [0.3, 0.4) is 0 Å². The zero-order valence-corrected chi connectivity index (χ0v) is 11.1. The molecule has 0 bridgehead atoms. The summed E-state index contributed by atoms with van der Waals surface area (Å²) in [7, 11) is 3.30. The smallest absolute Gasteiger partial charge is 0.124 e. The molecule has 2 atom stereocenters. The minimum absolute atomic E-state index is 0.320. The van der Waals surface area contributed by atoms with Crippen LogP contribution in [0, 0.1) is 12.8 Å². The van der Waals surface area contributed by atoms with Crippen molar-refractivity contribution >= 4 is 0 Å². The SMILES string of the molecule is COCC(C)CC(O)c1cc(C)ccc1OC. The van der Waals surface area contributed by atoms with E-state index in [0.29, 0.717) is 18.9 Å². The Balaban J connectivity index is 2.79. The summed E-state index contributed by atoms with van der Waals surface area (Å²) in [6.07, 6.45) is 0.170. The molecule has 0 heterocycles. The van der Waals surface area contributed by atoms with Crippen LogP contribution >= 0.6 is 0 Å². The van der Waals surface area contributed by atoms with Gasteiger partial charge < -0.3 is 14.6 Å². The van der Waals surface area contributed by atoms with Gasteiger partial charge in [0.25, 0.3) is 0 Å². The van der Waals surface area contributed by atoms with Crippen LogP contribution < -0.4 is 4.74 Å². The van der Waals surface area contributed by atoms with Gasteiger partial charge in [-0.2, -0.15) is 0 Å². The molecule has 0 aliphatic heterocycles. The summed E-state index contributed by atoms with van der Waals surface area (Å²) in [5.74, 6) is 1.06. The number of ether oxygens (including phenoxy) is 2. The van der Waals surface area contributed by atoms with E-state index < -0.39 is 6.10 Å². The molecule has 1 rings (SSSR count). The molecule has 1 aromatic carbocycles. The van der Waals surface area contributed by atoms with E-state index in [2.05, 4.69) is 6.92 Å². The van der Waals surface area contributed by atoms with E-state index in [1.54, 1.807) is 14.2 Å². The number of methoxy groups -OCH3 is 2. The van der Waals surface area contributed by atoms with Crippen molar-refractivity contribution in [3.05, 3.63) is 29.3 Å². The maximum absolute atomic E-state index is 10.2. The Bertz CT molecular complexity index is 349. The van der Waals surface area contributed by atoms with E-state index in [0.717, 1.165) is 16.9 Å². The molecule has 0 spiro atoms. The van der Waals surface area contributed by atoms with Crippen LogP contribution in [0.2, 0.25) is 0 Å². The van der Waals surface area contributed by atoms with Crippen molar-refractivity contribution in [2.45, 2.75) is 26.4 Å². The normalized spacial score (nSPS) is 14.4. The lowest BCUT2D eigenvalue weighted by Crippen LogP contribution is -2.10. The second-order valence-electron chi connectivity index (χ2n) is 4.56. The van der Waals surface area contributed by atoms with Gasteiger partial charge in [-0.1, -0.05) is 18.6 Å². The lowest BCUT2D eigenvalue weighted by molar-refractivity contribution is 0.100. The van der Waals surface area contributed by atoms with Crippen LogP contribution in [0.25, 0.3) is 0 Å². The van der Waals surface area contributed by atoms with Crippen molar-refractivity contribution in [1.29, 1.82) is 0 Å². The number of hydrogen-bond donors (Lipinski definition) is 1. The Morgan fingerprint density at radius 3 is 2.59 bits per heavy atom. The van der Waals surface area contributed by atoms with Gasteiger partial charge >= 0.3 is 0 Å². The van der Waals surface area contributed by atoms with Crippen LogP contribution in [-0.2, 0) is 4.74 Å². The molecule has 0 aliphatic carbocycles. The Morgan fingerprint density at radius 2 is 2.00 bits per heavy atom. The van der Waals surface area contributed by atoms with Crippen LogP contribution in [0.5, 0.6) is 5.75 Å². The third kappa shape index (κ3) is 4.02. The molecule has 0 amide bonds. The highest BCUT2D eigenvalue weighted by atomic mass is 16.5. The number of hydrogen-bond acceptors (Lipinski definition) is 3. The number of aliphatic hydroxyl groups is 1. The molecule has 96 valence electrons. The zero-order chi connectivity index (χ0) is 12.8. The van der Waals surface area contributed by atoms with Crippen molar-refractivity contribution in [2.75, 3.05) is 20.8 Å². The molecule has 0 saturated carbocycles. The summed E-state index contributed by atoms with van der Waals surface area (Å²) in [6.45, 7) is 4.73. The number of aryl methyl sites for hydroxylation is 1.